The second-order valence-electron chi connectivity index (χ2n) is 6.19. The minimum Gasteiger partial charge on any atom is -0.503 e. The third kappa shape index (κ3) is 3.17. The highest BCUT2D eigenvalue weighted by Crippen LogP contribution is 2.38. The highest BCUT2D eigenvalue weighted by molar-refractivity contribution is 6.14. The Kier molecular flexibility index (Phi) is 5.27. The van der Waals surface area contributed by atoms with Gasteiger partial charge in [-0.05, 0) is 38.1 Å². The van der Waals surface area contributed by atoms with E-state index in [0.29, 0.717) is 18.8 Å². The van der Waals surface area contributed by atoms with Gasteiger partial charge in [0.15, 0.2) is 11.5 Å². The van der Waals surface area contributed by atoms with Crippen molar-refractivity contribution in [2.75, 3.05) is 26.2 Å². The van der Waals surface area contributed by atoms with Gasteiger partial charge in [0.2, 0.25) is 5.78 Å². The van der Waals surface area contributed by atoms with Gasteiger partial charge in [-0.25, -0.2) is 0 Å². The number of likely N-dealkylation sites (N-methyl/N-ethyl adjacent to an activating group) is 1. The maximum absolute atomic E-state index is 12.8. The van der Waals surface area contributed by atoms with Gasteiger partial charge in [0.05, 0.1) is 44.3 Å². The van der Waals surface area contributed by atoms with Crippen LogP contribution in [0, 0.1) is 0 Å². The fraction of sp³-hybridized carbons (Fsp3) is 0.368. The average molecular weight is 359 g/mol. The molecule has 3 rings (SSSR count). The predicted molar refractivity (Wildman–Crippen MR) is 92.8 cm³/mol. The Bertz CT molecular complexity index is 788. The summed E-state index contributed by atoms with van der Waals surface area (Å²) in [5.74, 6) is -1.10. The molecular weight excluding hydrogens is 336 g/mol. The van der Waals surface area contributed by atoms with Gasteiger partial charge in [-0.3, -0.25) is 9.59 Å². The molecule has 0 spiro atoms. The molecule has 26 heavy (non-hydrogen) atoms. The van der Waals surface area contributed by atoms with Gasteiger partial charge in [-0.1, -0.05) is 0 Å². The summed E-state index contributed by atoms with van der Waals surface area (Å²) >= 11 is 0. The van der Waals surface area contributed by atoms with Gasteiger partial charge in [0.25, 0.3) is 5.91 Å². The van der Waals surface area contributed by atoms with Gasteiger partial charge in [0, 0.05) is 0 Å². The fourth-order valence-corrected chi connectivity index (χ4v) is 3.28. The summed E-state index contributed by atoms with van der Waals surface area (Å²) in [5, 5.41) is 10.4. The van der Waals surface area contributed by atoms with Crippen molar-refractivity contribution in [2.45, 2.75) is 19.9 Å². The molecule has 1 aliphatic rings. The number of rotatable bonds is 8. The number of hydrogen-bond donors (Lipinski definition) is 2. The number of carbonyl (C=O) groups excluding carboxylic acids is 2. The molecule has 7 nitrogen and oxygen atoms in total. The van der Waals surface area contributed by atoms with Crippen molar-refractivity contribution in [1.29, 1.82) is 0 Å². The lowest BCUT2D eigenvalue weighted by molar-refractivity contribution is -0.895. The summed E-state index contributed by atoms with van der Waals surface area (Å²) < 4.78 is 10.6. The second kappa shape index (κ2) is 7.61. The van der Waals surface area contributed by atoms with E-state index in [-0.39, 0.29) is 11.3 Å². The van der Waals surface area contributed by atoms with E-state index in [1.165, 1.54) is 28.4 Å². The van der Waals surface area contributed by atoms with Crippen LogP contribution in [0.1, 0.15) is 36.2 Å². The molecule has 0 aliphatic carbocycles. The number of aliphatic hydroxyl groups excluding tert-OH is 1. The van der Waals surface area contributed by atoms with E-state index in [4.69, 9.17) is 8.83 Å². The number of amides is 1. The van der Waals surface area contributed by atoms with Crippen LogP contribution in [0.15, 0.2) is 57.0 Å². The first-order chi connectivity index (χ1) is 12.6. The molecule has 0 radical (unpaired) electrons. The SMILES string of the molecule is CC[NH+](CC)CCN1C(=O)C(O)=C(C(=O)c2ccco2)[C@H]1c1ccco1. The van der Waals surface area contributed by atoms with E-state index in [2.05, 4.69) is 13.8 Å². The summed E-state index contributed by atoms with van der Waals surface area (Å²) in [5.41, 5.74) is -0.00514. The lowest BCUT2D eigenvalue weighted by atomic mass is 10.00. The van der Waals surface area contributed by atoms with Gasteiger partial charge in [-0.2, -0.15) is 0 Å². The maximum Gasteiger partial charge on any atom is 0.290 e. The van der Waals surface area contributed by atoms with Crippen LogP contribution in [0.2, 0.25) is 0 Å². The zero-order valence-electron chi connectivity index (χ0n) is 14.9. The standard InChI is InChI=1S/C19H22N2O5/c1-3-20(4-2)9-10-21-16(13-7-5-11-25-13)15(18(23)19(21)24)17(22)14-8-6-12-26-14/h5-8,11-12,16,23H,3-4,9-10H2,1-2H3/p+1/t16-/m1/s1. The zero-order chi connectivity index (χ0) is 18.7. The summed E-state index contributed by atoms with van der Waals surface area (Å²) in [6.45, 7) is 7.14. The highest BCUT2D eigenvalue weighted by atomic mass is 16.3. The van der Waals surface area contributed by atoms with E-state index in [1.807, 2.05) is 0 Å². The second-order valence-corrected chi connectivity index (χ2v) is 6.19. The first-order valence-corrected chi connectivity index (χ1v) is 8.77. The smallest absolute Gasteiger partial charge is 0.290 e. The lowest BCUT2D eigenvalue weighted by Gasteiger charge is -2.26. The molecular formula is C19H23N2O5+. The van der Waals surface area contributed by atoms with Crippen LogP contribution < -0.4 is 4.90 Å². The molecule has 0 saturated heterocycles. The van der Waals surface area contributed by atoms with Crippen molar-refractivity contribution in [2.24, 2.45) is 0 Å². The molecule has 1 amide bonds. The zero-order valence-corrected chi connectivity index (χ0v) is 14.9. The van der Waals surface area contributed by atoms with Crippen molar-refractivity contribution in [3.63, 3.8) is 0 Å². The first-order valence-electron chi connectivity index (χ1n) is 8.77. The third-order valence-electron chi connectivity index (χ3n) is 4.81. The minimum absolute atomic E-state index is 0.00514. The molecule has 2 N–H and O–H groups in total. The van der Waals surface area contributed by atoms with Crippen molar-refractivity contribution < 1.29 is 28.4 Å². The lowest BCUT2D eigenvalue weighted by Crippen LogP contribution is -3.12. The van der Waals surface area contributed by atoms with Crippen LogP contribution in [0.3, 0.4) is 0 Å². The van der Waals surface area contributed by atoms with E-state index in [1.54, 1.807) is 18.2 Å². The quantitative estimate of drug-likeness (QED) is 0.695. The van der Waals surface area contributed by atoms with E-state index >= 15 is 0 Å². The van der Waals surface area contributed by atoms with Crippen LogP contribution in [-0.2, 0) is 4.79 Å². The molecule has 7 heteroatoms. The summed E-state index contributed by atoms with van der Waals surface area (Å²) in [7, 11) is 0. The van der Waals surface area contributed by atoms with E-state index in [9.17, 15) is 14.7 Å². The maximum atomic E-state index is 12.8. The Balaban J connectivity index is 1.94. The number of nitrogens with zero attached hydrogens (tertiary/aromatic N) is 1. The molecule has 1 atom stereocenters. The number of ketones is 1. The largest absolute Gasteiger partial charge is 0.503 e. The Morgan fingerprint density at radius 3 is 2.46 bits per heavy atom. The highest BCUT2D eigenvalue weighted by Gasteiger charge is 2.45. The van der Waals surface area contributed by atoms with E-state index in [0.717, 1.165) is 13.1 Å². The van der Waals surface area contributed by atoms with E-state index < -0.39 is 23.5 Å². The number of Topliss-reactive ketones (excluding diaryl/α,β-unsaturated/α-hetero) is 1. The van der Waals surface area contributed by atoms with Crippen LogP contribution in [0.4, 0.5) is 0 Å². The van der Waals surface area contributed by atoms with Crippen LogP contribution >= 0.6 is 0 Å². The topological polar surface area (TPSA) is 88.3 Å². The Morgan fingerprint density at radius 1 is 1.19 bits per heavy atom. The molecule has 138 valence electrons. The van der Waals surface area contributed by atoms with Gasteiger partial charge in [-0.15, -0.1) is 0 Å². The number of furan rings is 2. The number of carbonyl (C=O) groups is 2. The minimum atomic E-state index is -0.759. The van der Waals surface area contributed by atoms with Crippen molar-refractivity contribution in [1.82, 2.24) is 4.90 Å². The molecule has 2 aromatic heterocycles. The molecule has 1 aliphatic heterocycles. The normalized spacial score (nSPS) is 17.6. The van der Waals surface area contributed by atoms with Crippen LogP contribution in [0.25, 0.3) is 0 Å². The Labute approximate surface area is 151 Å². The summed E-state index contributed by atoms with van der Waals surface area (Å²) in [6.07, 6.45) is 2.86. The monoisotopic (exact) mass is 359 g/mol. The predicted octanol–water partition coefficient (Wildman–Crippen LogP) is 1.38. The van der Waals surface area contributed by atoms with Gasteiger partial charge in [0.1, 0.15) is 11.8 Å². The van der Waals surface area contributed by atoms with Crippen LogP contribution in [0.5, 0.6) is 0 Å². The van der Waals surface area contributed by atoms with Crippen molar-refractivity contribution in [3.05, 3.63) is 59.6 Å². The number of hydrogen-bond acceptors (Lipinski definition) is 5. The molecule has 0 bridgehead atoms. The first kappa shape index (κ1) is 18.0. The van der Waals surface area contributed by atoms with Crippen molar-refractivity contribution in [3.8, 4) is 0 Å². The molecule has 0 saturated carbocycles. The van der Waals surface area contributed by atoms with Gasteiger partial charge >= 0.3 is 0 Å². The molecule has 3 heterocycles. The van der Waals surface area contributed by atoms with Crippen molar-refractivity contribution >= 4 is 11.7 Å². The fourth-order valence-electron chi connectivity index (χ4n) is 3.28. The summed E-state index contributed by atoms with van der Waals surface area (Å²) in [4.78, 5) is 28.3. The molecule has 0 fully saturated rings. The number of quaternary nitrogens is 1. The third-order valence-corrected chi connectivity index (χ3v) is 4.81. The Hall–Kier alpha value is -2.80. The number of nitrogens with one attached hydrogen (secondary N) is 1. The Morgan fingerprint density at radius 2 is 1.88 bits per heavy atom. The van der Waals surface area contributed by atoms with Gasteiger partial charge < -0.3 is 23.7 Å². The molecule has 0 unspecified atom stereocenters. The number of aliphatic hydroxyl groups is 1. The summed E-state index contributed by atoms with van der Waals surface area (Å²) in [6, 6.07) is 5.73. The average Bonchev–Trinajstić information content (AvgIpc) is 3.39. The van der Waals surface area contributed by atoms with Crippen LogP contribution in [-0.4, -0.2) is 47.9 Å². The molecule has 2 aromatic rings. The molecule has 0 aromatic carbocycles.